The number of nitrogens with zero attached hydrogens (tertiary/aromatic N) is 2. The van der Waals surface area contributed by atoms with Crippen LogP contribution >= 0.6 is 0 Å². The number of piperidine rings is 2. The predicted octanol–water partition coefficient (Wildman–Crippen LogP) is 5.08. The van der Waals surface area contributed by atoms with Gasteiger partial charge < -0.3 is 9.80 Å². The van der Waals surface area contributed by atoms with Gasteiger partial charge in [-0.05, 0) is 96.3 Å². The Morgan fingerprint density at radius 2 is 1.28 bits per heavy atom. The highest BCUT2D eigenvalue weighted by molar-refractivity contribution is 5.04. The molecule has 2 nitrogen and oxygen atoms in total. The average molecular weight is 359 g/mol. The molecule has 2 aliphatic carbocycles. The van der Waals surface area contributed by atoms with Crippen molar-refractivity contribution in [1.82, 2.24) is 9.80 Å². The van der Waals surface area contributed by atoms with Crippen molar-refractivity contribution in [2.24, 2.45) is 10.8 Å². The summed E-state index contributed by atoms with van der Waals surface area (Å²) in [7, 11) is 4.29. The van der Waals surface area contributed by atoms with E-state index in [1.807, 2.05) is 13.8 Å². The molecule has 2 spiro atoms. The van der Waals surface area contributed by atoms with Gasteiger partial charge in [-0.25, -0.2) is 8.78 Å². The number of halogens is 2. The molecule has 2 aliphatic heterocycles. The number of hydrogen-bond acceptors (Lipinski definition) is 2. The lowest BCUT2D eigenvalue weighted by Gasteiger charge is -2.54. The van der Waals surface area contributed by atoms with E-state index in [1.54, 1.807) is 6.92 Å². The molecule has 4 fully saturated rings. The van der Waals surface area contributed by atoms with Crippen LogP contribution in [0.4, 0.5) is 8.78 Å². The summed E-state index contributed by atoms with van der Waals surface area (Å²) in [6.07, 6.45) is 7.80. The van der Waals surface area contributed by atoms with Crippen LogP contribution in [-0.4, -0.2) is 61.9 Å². The molecule has 4 aliphatic rings. The van der Waals surface area contributed by atoms with E-state index in [2.05, 4.69) is 23.9 Å². The third-order valence-corrected chi connectivity index (χ3v) is 6.50. The van der Waals surface area contributed by atoms with Gasteiger partial charge in [0.25, 0.3) is 0 Å². The van der Waals surface area contributed by atoms with Gasteiger partial charge in [-0.15, -0.1) is 0 Å². The van der Waals surface area contributed by atoms with E-state index in [1.165, 1.54) is 38.8 Å². The zero-order valence-corrected chi connectivity index (χ0v) is 17.2. The molecule has 0 aromatic carbocycles. The molecule has 2 heterocycles. The van der Waals surface area contributed by atoms with Gasteiger partial charge in [0.2, 0.25) is 0 Å². The van der Waals surface area contributed by atoms with Gasteiger partial charge in [-0.1, -0.05) is 13.8 Å². The maximum absolute atomic E-state index is 13.3. The molecule has 2 saturated carbocycles. The van der Waals surface area contributed by atoms with Crippen LogP contribution in [0.3, 0.4) is 0 Å². The molecule has 0 atom stereocenters. The molecule has 4 heteroatoms. The Labute approximate surface area is 154 Å². The molecule has 4 rings (SSSR count). The van der Waals surface area contributed by atoms with Crippen molar-refractivity contribution in [1.29, 1.82) is 0 Å². The minimum Gasteiger partial charge on any atom is -0.306 e. The Bertz CT molecular complexity index is 399. The maximum Gasteiger partial charge on any atom is 0.109 e. The van der Waals surface area contributed by atoms with E-state index in [0.29, 0.717) is 10.8 Å². The van der Waals surface area contributed by atoms with Gasteiger partial charge in [-0.2, -0.15) is 0 Å². The Morgan fingerprint density at radius 3 is 1.68 bits per heavy atom. The third kappa shape index (κ3) is 5.38. The summed E-state index contributed by atoms with van der Waals surface area (Å²) in [5, 5.41) is 0. The van der Waals surface area contributed by atoms with Crippen LogP contribution in [0.25, 0.3) is 0 Å². The minimum absolute atomic E-state index is 0.358. The Balaban J connectivity index is 0.000000165. The summed E-state index contributed by atoms with van der Waals surface area (Å²) in [6, 6.07) is 0. The van der Waals surface area contributed by atoms with Crippen LogP contribution < -0.4 is 0 Å². The molecule has 0 aromatic rings. The fourth-order valence-corrected chi connectivity index (χ4v) is 5.92. The predicted molar refractivity (Wildman–Crippen MR) is 103 cm³/mol. The smallest absolute Gasteiger partial charge is 0.109 e. The molecule has 0 aromatic heterocycles. The number of likely N-dealkylation sites (tertiary alicyclic amines) is 2. The second kappa shape index (κ2) is 8.21. The lowest BCUT2D eigenvalue weighted by molar-refractivity contribution is -0.0896. The van der Waals surface area contributed by atoms with Crippen molar-refractivity contribution in [2.45, 2.75) is 84.0 Å². The molecule has 148 valence electrons. The second-order valence-corrected chi connectivity index (χ2v) is 9.46. The lowest BCUT2D eigenvalue weighted by atomic mass is 9.57. The minimum atomic E-state index is -0.849. The molecule has 0 bridgehead atoms. The van der Waals surface area contributed by atoms with E-state index in [-0.39, 0.29) is 0 Å². The summed E-state index contributed by atoms with van der Waals surface area (Å²) >= 11 is 0. The zero-order chi connectivity index (χ0) is 18.7. The quantitative estimate of drug-likeness (QED) is 0.596. The molecular formula is C21H40F2N2. The fourth-order valence-electron chi connectivity index (χ4n) is 5.92. The number of hydrogen-bond donors (Lipinski definition) is 0. The Hall–Kier alpha value is -0.220. The second-order valence-electron chi connectivity index (χ2n) is 9.46. The van der Waals surface area contributed by atoms with Crippen LogP contribution in [0.5, 0.6) is 0 Å². The Kier molecular flexibility index (Phi) is 6.92. The van der Waals surface area contributed by atoms with E-state index < -0.39 is 11.8 Å². The summed E-state index contributed by atoms with van der Waals surface area (Å²) in [6.45, 7) is 10.4. The first-order valence-corrected chi connectivity index (χ1v) is 10.4. The van der Waals surface area contributed by atoms with Gasteiger partial charge >= 0.3 is 0 Å². The van der Waals surface area contributed by atoms with Gasteiger partial charge in [-0.3, -0.25) is 0 Å². The van der Waals surface area contributed by atoms with Crippen LogP contribution in [0.1, 0.15) is 72.1 Å². The molecule has 25 heavy (non-hydrogen) atoms. The third-order valence-electron chi connectivity index (χ3n) is 6.50. The molecule has 0 N–H and O–H groups in total. The highest BCUT2D eigenvalue weighted by Gasteiger charge is 2.53. The first-order valence-electron chi connectivity index (χ1n) is 10.4. The van der Waals surface area contributed by atoms with Crippen molar-refractivity contribution in [2.75, 3.05) is 40.3 Å². The normalized spacial score (nSPS) is 44.0. The average Bonchev–Trinajstić information content (AvgIpc) is 2.46. The molecule has 2 saturated heterocycles. The van der Waals surface area contributed by atoms with Gasteiger partial charge in [0.1, 0.15) is 11.8 Å². The highest BCUT2D eigenvalue weighted by atomic mass is 19.1. The molecule has 0 amide bonds. The summed E-state index contributed by atoms with van der Waals surface area (Å²) < 4.78 is 26.0. The highest BCUT2D eigenvalue weighted by Crippen LogP contribution is 2.55. The first-order chi connectivity index (χ1) is 11.7. The maximum atomic E-state index is 13.3. The SMILES string of the molecule is CC.CN1CCCC2(C1)CC(C)(F)C2.CN1CCCC2(CC(F)C2)C1. The molecule has 0 unspecified atom stereocenters. The van der Waals surface area contributed by atoms with Crippen molar-refractivity contribution >= 4 is 0 Å². The van der Waals surface area contributed by atoms with Gasteiger partial charge in [0, 0.05) is 13.1 Å². The topological polar surface area (TPSA) is 6.48 Å². The van der Waals surface area contributed by atoms with Crippen LogP contribution in [-0.2, 0) is 0 Å². The number of rotatable bonds is 0. The van der Waals surface area contributed by atoms with Crippen LogP contribution in [0.2, 0.25) is 0 Å². The van der Waals surface area contributed by atoms with Crippen molar-refractivity contribution in [3.63, 3.8) is 0 Å². The molecule has 0 radical (unpaired) electrons. The zero-order valence-electron chi connectivity index (χ0n) is 17.2. The largest absolute Gasteiger partial charge is 0.306 e. The van der Waals surface area contributed by atoms with Crippen LogP contribution in [0, 0.1) is 10.8 Å². The molecular weight excluding hydrogens is 318 g/mol. The van der Waals surface area contributed by atoms with E-state index in [9.17, 15) is 8.78 Å². The summed E-state index contributed by atoms with van der Waals surface area (Å²) in [4.78, 5) is 4.69. The van der Waals surface area contributed by atoms with Gasteiger partial charge in [0.05, 0.1) is 0 Å². The first kappa shape index (κ1) is 21.1. The summed E-state index contributed by atoms with van der Waals surface area (Å²) in [5.41, 5.74) is -0.0961. The fraction of sp³-hybridized carbons (Fsp3) is 1.00. The van der Waals surface area contributed by atoms with E-state index in [0.717, 1.165) is 38.8 Å². The lowest BCUT2D eigenvalue weighted by Crippen LogP contribution is -2.54. The monoisotopic (exact) mass is 358 g/mol. The van der Waals surface area contributed by atoms with Crippen molar-refractivity contribution in [3.05, 3.63) is 0 Å². The standard InChI is InChI=1S/C10H18FN.C9H16FN.C2H6/c1-9(11)6-10(7-9)4-3-5-12(2)8-10;1-11-4-2-3-9(7-11)5-8(10)6-9;1-2/h3-8H2,1-2H3;8H,2-7H2,1H3;1-2H3. The van der Waals surface area contributed by atoms with Crippen molar-refractivity contribution < 1.29 is 8.78 Å². The summed E-state index contributed by atoms with van der Waals surface area (Å²) in [5.74, 6) is 0. The Morgan fingerprint density at radius 1 is 0.840 bits per heavy atom. The van der Waals surface area contributed by atoms with Gasteiger partial charge in [0.15, 0.2) is 0 Å². The van der Waals surface area contributed by atoms with E-state index >= 15 is 0 Å². The van der Waals surface area contributed by atoms with E-state index in [4.69, 9.17) is 0 Å². The van der Waals surface area contributed by atoms with Crippen molar-refractivity contribution in [3.8, 4) is 0 Å². The number of alkyl halides is 2. The van der Waals surface area contributed by atoms with Crippen LogP contribution in [0.15, 0.2) is 0 Å².